The van der Waals surface area contributed by atoms with Crippen LogP contribution in [-0.4, -0.2) is 57.0 Å². The monoisotopic (exact) mass is 276 g/mol. The highest BCUT2D eigenvalue weighted by molar-refractivity contribution is 7.92. The fraction of sp³-hybridized carbons (Fsp3) is 1.00. The van der Waals surface area contributed by atoms with Crippen molar-refractivity contribution in [2.45, 2.75) is 44.8 Å². The molecule has 1 fully saturated rings. The highest BCUT2D eigenvalue weighted by Crippen LogP contribution is 2.24. The number of hydrogen-bond acceptors (Lipinski definition) is 4. The molecule has 0 saturated heterocycles. The van der Waals surface area contributed by atoms with Crippen molar-refractivity contribution in [2.24, 2.45) is 0 Å². The average molecular weight is 276 g/mol. The number of nitrogens with one attached hydrogen (secondary N) is 1. The van der Waals surface area contributed by atoms with Crippen LogP contribution in [0.5, 0.6) is 0 Å². The van der Waals surface area contributed by atoms with Gasteiger partial charge in [-0.15, -0.1) is 0 Å². The summed E-state index contributed by atoms with van der Waals surface area (Å²) in [5.74, 6) is 0.302. The summed E-state index contributed by atoms with van der Waals surface area (Å²) in [7, 11) is -2.85. The molecule has 0 bridgehead atoms. The molecule has 1 rings (SSSR count). The van der Waals surface area contributed by atoms with Crippen molar-refractivity contribution in [3.63, 3.8) is 0 Å². The van der Waals surface area contributed by atoms with Crippen LogP contribution in [0.3, 0.4) is 0 Å². The van der Waals surface area contributed by atoms with E-state index in [1.807, 2.05) is 0 Å². The van der Waals surface area contributed by atoms with Crippen LogP contribution in [0.25, 0.3) is 0 Å². The Morgan fingerprint density at radius 1 is 1.11 bits per heavy atom. The van der Waals surface area contributed by atoms with E-state index >= 15 is 0 Å². The third-order valence-corrected chi connectivity index (χ3v) is 6.13. The molecule has 5 heteroatoms. The van der Waals surface area contributed by atoms with Crippen molar-refractivity contribution in [1.82, 2.24) is 10.2 Å². The minimum atomic E-state index is -2.85. The van der Waals surface area contributed by atoms with Gasteiger partial charge in [-0.25, -0.2) is 8.42 Å². The minimum absolute atomic E-state index is 0.0536. The molecule has 0 spiro atoms. The van der Waals surface area contributed by atoms with Gasteiger partial charge in [0.05, 0.1) is 11.0 Å². The summed E-state index contributed by atoms with van der Waals surface area (Å²) in [6.45, 7) is 8.87. The lowest BCUT2D eigenvalue weighted by Crippen LogP contribution is -2.35. The molecule has 0 heterocycles. The van der Waals surface area contributed by atoms with E-state index in [9.17, 15) is 8.42 Å². The van der Waals surface area contributed by atoms with E-state index < -0.39 is 9.84 Å². The van der Waals surface area contributed by atoms with Crippen molar-refractivity contribution in [3.05, 3.63) is 0 Å². The van der Waals surface area contributed by atoms with Gasteiger partial charge in [0.2, 0.25) is 0 Å². The summed E-state index contributed by atoms with van der Waals surface area (Å²) in [5, 5.41) is 3.19. The maximum atomic E-state index is 12.0. The summed E-state index contributed by atoms with van der Waals surface area (Å²) >= 11 is 0. The average Bonchev–Trinajstić information content (AvgIpc) is 2.88. The van der Waals surface area contributed by atoms with Gasteiger partial charge in [0, 0.05) is 19.6 Å². The maximum absolute atomic E-state index is 12.0. The fourth-order valence-corrected chi connectivity index (χ4v) is 4.34. The van der Waals surface area contributed by atoms with Crippen molar-refractivity contribution in [1.29, 1.82) is 0 Å². The SMILES string of the molecule is CCN(CC)CCNCCS(=O)(=O)C1CCCC1. The molecule has 0 radical (unpaired) electrons. The molecule has 18 heavy (non-hydrogen) atoms. The molecule has 0 unspecified atom stereocenters. The summed E-state index contributed by atoms with van der Waals surface area (Å²) < 4.78 is 24.0. The molecule has 4 nitrogen and oxygen atoms in total. The fourth-order valence-electron chi connectivity index (χ4n) is 2.53. The third-order valence-electron chi connectivity index (χ3n) is 3.87. The summed E-state index contributed by atoms with van der Waals surface area (Å²) in [5.41, 5.74) is 0. The molecule has 0 aromatic carbocycles. The Morgan fingerprint density at radius 3 is 2.28 bits per heavy atom. The van der Waals surface area contributed by atoms with Crippen molar-refractivity contribution in [3.8, 4) is 0 Å². The van der Waals surface area contributed by atoms with Gasteiger partial charge in [-0.05, 0) is 25.9 Å². The van der Waals surface area contributed by atoms with Crippen LogP contribution in [-0.2, 0) is 9.84 Å². The Balaban J connectivity index is 2.13. The summed E-state index contributed by atoms with van der Waals surface area (Å²) in [6, 6.07) is 0. The van der Waals surface area contributed by atoms with Crippen LogP contribution in [0.2, 0.25) is 0 Å². The number of rotatable bonds is 9. The van der Waals surface area contributed by atoms with Crippen LogP contribution >= 0.6 is 0 Å². The van der Waals surface area contributed by atoms with Gasteiger partial charge in [-0.1, -0.05) is 26.7 Å². The first-order chi connectivity index (χ1) is 8.60. The predicted molar refractivity (Wildman–Crippen MR) is 76.7 cm³/mol. The lowest BCUT2D eigenvalue weighted by molar-refractivity contribution is 0.303. The zero-order chi connectivity index (χ0) is 13.4. The third kappa shape index (κ3) is 5.24. The van der Waals surface area contributed by atoms with E-state index in [2.05, 4.69) is 24.1 Å². The van der Waals surface area contributed by atoms with Crippen LogP contribution < -0.4 is 5.32 Å². The van der Waals surface area contributed by atoms with E-state index in [1.165, 1.54) is 0 Å². The number of sulfone groups is 1. The van der Waals surface area contributed by atoms with E-state index in [0.29, 0.717) is 12.3 Å². The zero-order valence-corrected chi connectivity index (χ0v) is 12.6. The van der Waals surface area contributed by atoms with Crippen molar-refractivity contribution in [2.75, 3.05) is 38.5 Å². The quantitative estimate of drug-likeness (QED) is 0.645. The molecule has 1 aliphatic rings. The van der Waals surface area contributed by atoms with Crippen LogP contribution in [0.1, 0.15) is 39.5 Å². The minimum Gasteiger partial charge on any atom is -0.314 e. The Morgan fingerprint density at radius 2 is 1.72 bits per heavy atom. The molecular formula is C13H28N2O2S. The molecular weight excluding hydrogens is 248 g/mol. The first-order valence-electron chi connectivity index (χ1n) is 7.24. The smallest absolute Gasteiger partial charge is 0.154 e. The Hall–Kier alpha value is -0.130. The Bertz CT molecular complexity index is 307. The maximum Gasteiger partial charge on any atom is 0.154 e. The zero-order valence-electron chi connectivity index (χ0n) is 11.8. The van der Waals surface area contributed by atoms with Crippen molar-refractivity contribution < 1.29 is 8.42 Å². The van der Waals surface area contributed by atoms with Crippen LogP contribution in [0.15, 0.2) is 0 Å². The lowest BCUT2D eigenvalue weighted by atomic mass is 10.4. The summed E-state index contributed by atoms with van der Waals surface area (Å²) in [4.78, 5) is 2.33. The molecule has 0 aromatic heterocycles. The Kier molecular flexibility index (Phi) is 7.19. The largest absolute Gasteiger partial charge is 0.314 e. The van der Waals surface area contributed by atoms with E-state index in [-0.39, 0.29) is 5.25 Å². The van der Waals surface area contributed by atoms with Gasteiger partial charge in [-0.2, -0.15) is 0 Å². The molecule has 1 aliphatic carbocycles. The summed E-state index contributed by atoms with van der Waals surface area (Å²) in [6.07, 6.45) is 3.92. The first-order valence-corrected chi connectivity index (χ1v) is 8.96. The number of hydrogen-bond donors (Lipinski definition) is 1. The number of nitrogens with zero attached hydrogens (tertiary/aromatic N) is 1. The Labute approximate surface area is 112 Å². The lowest BCUT2D eigenvalue weighted by Gasteiger charge is -2.18. The predicted octanol–water partition coefficient (Wildman–Crippen LogP) is 1.28. The second-order valence-corrected chi connectivity index (χ2v) is 7.45. The van der Waals surface area contributed by atoms with Gasteiger partial charge in [0.25, 0.3) is 0 Å². The molecule has 108 valence electrons. The normalized spacial score (nSPS) is 17.7. The van der Waals surface area contributed by atoms with Gasteiger partial charge in [0.15, 0.2) is 9.84 Å². The highest BCUT2D eigenvalue weighted by Gasteiger charge is 2.27. The first kappa shape index (κ1) is 15.9. The molecule has 0 aliphatic heterocycles. The second kappa shape index (κ2) is 8.12. The van der Waals surface area contributed by atoms with Gasteiger partial charge >= 0.3 is 0 Å². The molecule has 0 amide bonds. The molecule has 0 aromatic rings. The van der Waals surface area contributed by atoms with E-state index in [0.717, 1.165) is 51.9 Å². The molecule has 1 saturated carbocycles. The molecule has 0 atom stereocenters. The number of likely N-dealkylation sites (N-methyl/N-ethyl adjacent to an activating group) is 1. The van der Waals surface area contributed by atoms with Gasteiger partial charge in [-0.3, -0.25) is 0 Å². The van der Waals surface area contributed by atoms with Gasteiger partial charge < -0.3 is 10.2 Å². The standard InChI is InChI=1S/C13H28N2O2S/c1-3-15(4-2)11-9-14-10-12-18(16,17)13-7-5-6-8-13/h13-14H,3-12H2,1-2H3. The van der Waals surface area contributed by atoms with Crippen molar-refractivity contribution >= 4 is 9.84 Å². The molecule has 1 N–H and O–H groups in total. The second-order valence-electron chi connectivity index (χ2n) is 5.05. The van der Waals surface area contributed by atoms with Crippen LogP contribution in [0, 0.1) is 0 Å². The van der Waals surface area contributed by atoms with Gasteiger partial charge in [0.1, 0.15) is 0 Å². The highest BCUT2D eigenvalue weighted by atomic mass is 32.2. The van der Waals surface area contributed by atoms with Crippen LogP contribution in [0.4, 0.5) is 0 Å². The van der Waals surface area contributed by atoms with E-state index in [1.54, 1.807) is 0 Å². The topological polar surface area (TPSA) is 49.4 Å². The van der Waals surface area contributed by atoms with E-state index in [4.69, 9.17) is 0 Å².